The third-order valence-electron chi connectivity index (χ3n) is 6.24. The lowest BCUT2D eigenvalue weighted by molar-refractivity contribution is -0.118. The number of rotatable bonds is 2. The maximum Gasteiger partial charge on any atom is 0.162 e. The molecule has 1 N–H and O–H groups in total. The summed E-state index contributed by atoms with van der Waals surface area (Å²) in [4.78, 5) is 13.5. The van der Waals surface area contributed by atoms with Crippen LogP contribution in [0.1, 0.15) is 43.9 Å². The van der Waals surface area contributed by atoms with Crippen molar-refractivity contribution in [2.45, 2.75) is 32.7 Å². The van der Waals surface area contributed by atoms with Crippen molar-refractivity contribution in [3.8, 4) is 5.75 Å². The van der Waals surface area contributed by atoms with Crippen molar-refractivity contribution >= 4 is 43.7 Å². The summed E-state index contributed by atoms with van der Waals surface area (Å²) in [7, 11) is 1.68. The first-order valence-electron chi connectivity index (χ1n) is 10.3. The van der Waals surface area contributed by atoms with Gasteiger partial charge in [0.15, 0.2) is 5.78 Å². The van der Waals surface area contributed by atoms with E-state index in [1.165, 1.54) is 21.9 Å². The number of Topliss-reactive ketones (excluding diaryl/α,β-unsaturated/α-hetero) is 1. The molecule has 4 heteroatoms. The zero-order chi connectivity index (χ0) is 21.0. The lowest BCUT2D eigenvalue weighted by Crippen LogP contribution is -2.33. The Morgan fingerprint density at radius 2 is 1.87 bits per heavy atom. The van der Waals surface area contributed by atoms with Crippen LogP contribution >= 0.6 is 15.9 Å². The summed E-state index contributed by atoms with van der Waals surface area (Å²) in [6, 6.07) is 18.5. The van der Waals surface area contributed by atoms with Crippen LogP contribution in [0.2, 0.25) is 0 Å². The summed E-state index contributed by atoms with van der Waals surface area (Å²) in [5, 5.41) is 6.07. The molecule has 0 unspecified atom stereocenters. The van der Waals surface area contributed by atoms with Crippen LogP contribution in [0, 0.1) is 5.41 Å². The largest absolute Gasteiger partial charge is 0.496 e. The molecule has 3 aromatic rings. The highest BCUT2D eigenvalue weighted by molar-refractivity contribution is 9.10. The van der Waals surface area contributed by atoms with Crippen LogP contribution in [0.4, 0.5) is 5.69 Å². The number of hydrogen-bond donors (Lipinski definition) is 1. The molecule has 0 amide bonds. The fourth-order valence-corrected chi connectivity index (χ4v) is 5.38. The fraction of sp³-hybridized carbons (Fsp3) is 0.269. The Balaban J connectivity index is 1.82. The summed E-state index contributed by atoms with van der Waals surface area (Å²) in [5.74, 6) is 1.00. The molecule has 3 nitrogen and oxygen atoms in total. The van der Waals surface area contributed by atoms with Gasteiger partial charge in [0.05, 0.1) is 13.2 Å². The summed E-state index contributed by atoms with van der Waals surface area (Å²) < 4.78 is 6.64. The van der Waals surface area contributed by atoms with E-state index in [2.05, 4.69) is 77.6 Å². The van der Waals surface area contributed by atoms with Crippen LogP contribution in [0.25, 0.3) is 16.3 Å². The molecule has 5 rings (SSSR count). The molecule has 1 atom stereocenters. The molecule has 0 fully saturated rings. The van der Waals surface area contributed by atoms with Gasteiger partial charge in [-0.25, -0.2) is 0 Å². The first kappa shape index (κ1) is 19.4. The number of ketones is 1. The molecule has 1 aliphatic carbocycles. The summed E-state index contributed by atoms with van der Waals surface area (Å²) >= 11 is 3.59. The van der Waals surface area contributed by atoms with Gasteiger partial charge in [-0.3, -0.25) is 4.79 Å². The average Bonchev–Trinajstić information content (AvgIpc) is 2.71. The zero-order valence-corrected chi connectivity index (χ0v) is 19.0. The highest BCUT2D eigenvalue weighted by atomic mass is 79.9. The predicted molar refractivity (Wildman–Crippen MR) is 126 cm³/mol. The number of hydrogen-bond acceptors (Lipinski definition) is 3. The van der Waals surface area contributed by atoms with E-state index in [-0.39, 0.29) is 17.2 Å². The molecule has 2 aliphatic rings. The number of fused-ring (bicyclic) bond motifs is 4. The Labute approximate surface area is 185 Å². The van der Waals surface area contributed by atoms with E-state index >= 15 is 0 Å². The van der Waals surface area contributed by atoms with Crippen LogP contribution in [-0.2, 0) is 4.79 Å². The molecule has 3 aromatic carbocycles. The summed E-state index contributed by atoms with van der Waals surface area (Å²) in [6.07, 6.45) is 1.43. The minimum Gasteiger partial charge on any atom is -0.496 e. The van der Waals surface area contributed by atoms with E-state index in [9.17, 15) is 4.79 Å². The Morgan fingerprint density at radius 1 is 1.07 bits per heavy atom. The number of halogens is 1. The van der Waals surface area contributed by atoms with Gasteiger partial charge in [-0.1, -0.05) is 60.1 Å². The molecule has 1 heterocycles. The number of allylic oxidation sites excluding steroid dienone is 1. The minimum atomic E-state index is -0.232. The first-order chi connectivity index (χ1) is 14.4. The van der Waals surface area contributed by atoms with E-state index in [0.717, 1.165) is 33.5 Å². The number of methoxy groups -OCH3 is 1. The molecular weight excluding hydrogens is 438 g/mol. The topological polar surface area (TPSA) is 38.3 Å². The van der Waals surface area contributed by atoms with Crippen molar-refractivity contribution in [3.05, 3.63) is 75.8 Å². The van der Waals surface area contributed by atoms with Gasteiger partial charge in [0, 0.05) is 33.3 Å². The summed E-state index contributed by atoms with van der Waals surface area (Å²) in [5.41, 5.74) is 5.22. The SMILES string of the molecule is COc1ccc(Br)cc1[C@@H]1Nc2ccc3ccccc3c2C2=C1C(=O)CC(C)(C)C2. The quantitative estimate of drug-likeness (QED) is 0.449. The smallest absolute Gasteiger partial charge is 0.162 e. The van der Waals surface area contributed by atoms with E-state index in [1.54, 1.807) is 7.11 Å². The lowest BCUT2D eigenvalue weighted by Gasteiger charge is -2.40. The number of benzene rings is 3. The highest BCUT2D eigenvalue weighted by Crippen LogP contribution is 2.53. The van der Waals surface area contributed by atoms with E-state index in [0.29, 0.717) is 6.42 Å². The van der Waals surface area contributed by atoms with Crippen molar-refractivity contribution < 1.29 is 9.53 Å². The lowest BCUT2D eigenvalue weighted by atomic mass is 9.68. The fourth-order valence-electron chi connectivity index (χ4n) is 5.00. The Morgan fingerprint density at radius 3 is 2.67 bits per heavy atom. The molecule has 0 bridgehead atoms. The first-order valence-corrected chi connectivity index (χ1v) is 11.1. The molecule has 0 radical (unpaired) electrons. The summed E-state index contributed by atoms with van der Waals surface area (Å²) in [6.45, 7) is 4.38. The second kappa shape index (κ2) is 6.98. The average molecular weight is 462 g/mol. The maximum atomic E-state index is 13.5. The van der Waals surface area contributed by atoms with Gasteiger partial charge in [0.2, 0.25) is 0 Å². The number of ether oxygens (including phenoxy) is 1. The number of carbonyl (C=O) groups excluding carboxylic acids is 1. The molecule has 30 heavy (non-hydrogen) atoms. The molecule has 0 spiro atoms. The van der Waals surface area contributed by atoms with Crippen molar-refractivity contribution in [1.82, 2.24) is 0 Å². The van der Waals surface area contributed by atoms with Gasteiger partial charge in [-0.2, -0.15) is 0 Å². The molecule has 0 saturated carbocycles. The number of nitrogens with one attached hydrogen (secondary N) is 1. The zero-order valence-electron chi connectivity index (χ0n) is 17.4. The third kappa shape index (κ3) is 3.05. The maximum absolute atomic E-state index is 13.5. The molecule has 0 saturated heterocycles. The van der Waals surface area contributed by atoms with Gasteiger partial charge in [0.1, 0.15) is 5.75 Å². The van der Waals surface area contributed by atoms with Gasteiger partial charge in [-0.05, 0) is 52.4 Å². The number of anilines is 1. The van der Waals surface area contributed by atoms with Gasteiger partial charge < -0.3 is 10.1 Å². The minimum absolute atomic E-state index is 0.0621. The van der Waals surface area contributed by atoms with Crippen LogP contribution in [0.15, 0.2) is 64.6 Å². The highest BCUT2D eigenvalue weighted by Gasteiger charge is 2.41. The Kier molecular flexibility index (Phi) is 4.51. The molecule has 152 valence electrons. The van der Waals surface area contributed by atoms with E-state index < -0.39 is 0 Å². The van der Waals surface area contributed by atoms with Gasteiger partial charge in [0.25, 0.3) is 0 Å². The van der Waals surface area contributed by atoms with Crippen LogP contribution in [-0.4, -0.2) is 12.9 Å². The van der Waals surface area contributed by atoms with Crippen LogP contribution in [0.5, 0.6) is 5.75 Å². The van der Waals surface area contributed by atoms with E-state index in [4.69, 9.17) is 4.74 Å². The number of carbonyl (C=O) groups is 1. The van der Waals surface area contributed by atoms with E-state index in [1.807, 2.05) is 12.1 Å². The second-order valence-corrected chi connectivity index (χ2v) is 9.92. The van der Waals surface area contributed by atoms with Crippen LogP contribution in [0.3, 0.4) is 0 Å². The van der Waals surface area contributed by atoms with Gasteiger partial charge in [-0.15, -0.1) is 0 Å². The second-order valence-electron chi connectivity index (χ2n) is 9.01. The van der Waals surface area contributed by atoms with Crippen molar-refractivity contribution in [3.63, 3.8) is 0 Å². The third-order valence-corrected chi connectivity index (χ3v) is 6.74. The molecular formula is C26H24BrNO2. The molecule has 1 aliphatic heterocycles. The van der Waals surface area contributed by atoms with Crippen molar-refractivity contribution in [2.75, 3.05) is 12.4 Å². The Hall–Kier alpha value is -2.59. The Bertz CT molecular complexity index is 1220. The predicted octanol–water partition coefficient (Wildman–Crippen LogP) is 6.92. The normalized spacial score (nSPS) is 19.9. The standard InChI is InChI=1S/C26H24BrNO2/c1-26(2)13-19-23-17-7-5-4-6-15(17)8-10-20(23)28-25(24(19)21(29)14-26)18-12-16(27)9-11-22(18)30-3/h4-12,25,28H,13-14H2,1-3H3/t25-/m0/s1. The van der Waals surface area contributed by atoms with Gasteiger partial charge >= 0.3 is 0 Å². The molecule has 0 aromatic heterocycles. The van der Waals surface area contributed by atoms with Crippen molar-refractivity contribution in [1.29, 1.82) is 0 Å². The van der Waals surface area contributed by atoms with Crippen molar-refractivity contribution in [2.24, 2.45) is 5.41 Å². The monoisotopic (exact) mass is 461 g/mol. The van der Waals surface area contributed by atoms with Crippen LogP contribution < -0.4 is 10.1 Å².